The predicted molar refractivity (Wildman–Crippen MR) is 23.0 cm³/mol. The maximum atomic E-state index is 9.49. The van der Waals surface area contributed by atoms with Gasteiger partial charge >= 0.3 is 8.25 Å². The van der Waals surface area contributed by atoms with E-state index in [1.807, 2.05) is 0 Å². The van der Waals surface area contributed by atoms with Gasteiger partial charge in [-0.15, -0.1) is 4.89 Å². The average Bonchev–Trinajstić information content (AvgIpc) is 1.61. The summed E-state index contributed by atoms with van der Waals surface area (Å²) in [6, 6.07) is 0. The molecule has 0 radical (unpaired) electrons. The quantitative estimate of drug-likeness (QED) is 0.311. The molecule has 0 amide bonds. The summed E-state index contributed by atoms with van der Waals surface area (Å²) in [6.07, 6.45) is 0. The highest BCUT2D eigenvalue weighted by molar-refractivity contribution is 7.77. The standard InChI is InChI=1S/H2NO5PS/c2-7(3)6-1-8(4)5/h1H,(H-,2,3,4,5). The normalized spacial score (nSPS) is 15.5. The first-order valence-electron chi connectivity index (χ1n) is 1.31. The fraction of sp³-hybridized carbons (Fsp3) is 0. The fourth-order valence-electron chi connectivity index (χ4n) is 0.0623. The Morgan fingerprint density at radius 3 is 2.50 bits per heavy atom. The molecule has 0 spiro atoms. The number of hydrogen-bond acceptors (Lipinski definition) is 4. The molecule has 8 heteroatoms. The molecule has 0 rings (SSSR count). The molecule has 0 fully saturated rings. The molecule has 48 valence electrons. The van der Waals surface area contributed by atoms with Crippen molar-refractivity contribution in [3.63, 3.8) is 0 Å². The minimum atomic E-state index is -2.89. The van der Waals surface area contributed by atoms with Crippen molar-refractivity contribution in [2.75, 3.05) is 0 Å². The Kier molecular flexibility index (Phi) is 4.06. The average molecular weight is 159 g/mol. The van der Waals surface area contributed by atoms with Crippen LogP contribution in [-0.2, 0) is 20.5 Å². The molecule has 2 atom stereocenters. The highest BCUT2D eigenvalue weighted by atomic mass is 32.2. The number of hydrogen-bond donors (Lipinski definition) is 2. The summed E-state index contributed by atoms with van der Waals surface area (Å²) in [4.78, 5) is 8.98. The molecule has 0 bridgehead atoms. The Hall–Kier alpha value is 0.0900. The minimum absolute atomic E-state index is 1.23. The van der Waals surface area contributed by atoms with Crippen LogP contribution in [0.1, 0.15) is 0 Å². The topological polar surface area (TPSA) is 98.7 Å². The van der Waals surface area contributed by atoms with Crippen LogP contribution < -0.4 is 4.89 Å². The van der Waals surface area contributed by atoms with E-state index in [-0.39, 0.29) is 0 Å². The van der Waals surface area contributed by atoms with Crippen molar-refractivity contribution in [2.24, 2.45) is 0 Å². The molecule has 0 aromatic carbocycles. The third kappa shape index (κ3) is 6.09. The van der Waals surface area contributed by atoms with Crippen molar-refractivity contribution in [2.45, 2.75) is 0 Å². The summed E-state index contributed by atoms with van der Waals surface area (Å²) in [5.74, 6) is 0. The lowest BCUT2D eigenvalue weighted by molar-refractivity contribution is 0.239. The third-order valence-corrected chi connectivity index (χ3v) is 0.774. The highest BCUT2D eigenvalue weighted by Crippen LogP contribution is 2.10. The van der Waals surface area contributed by atoms with Crippen molar-refractivity contribution in [1.29, 1.82) is 0 Å². The SMILES string of the molecule is O=[P+](O)ONS(=O)[O-]. The molecule has 2 unspecified atom stereocenters. The summed E-state index contributed by atoms with van der Waals surface area (Å²) in [5.41, 5.74) is 0. The van der Waals surface area contributed by atoms with E-state index in [0.29, 0.717) is 0 Å². The molecule has 0 saturated carbocycles. The molecule has 0 aromatic heterocycles. The van der Waals surface area contributed by atoms with Crippen LogP contribution in [0, 0.1) is 0 Å². The summed E-state index contributed by atoms with van der Waals surface area (Å²) >= 11 is -2.65. The minimum Gasteiger partial charge on any atom is -0.758 e. The molecule has 6 nitrogen and oxygen atoms in total. The molecule has 0 saturated heterocycles. The predicted octanol–water partition coefficient (Wildman–Crippen LogP) is -1.05. The summed E-state index contributed by atoms with van der Waals surface area (Å²) in [5, 5.41) is 0. The first-order valence-corrected chi connectivity index (χ1v) is 3.51. The van der Waals surface area contributed by atoms with Gasteiger partial charge in [-0.25, -0.2) is 0 Å². The van der Waals surface area contributed by atoms with Crippen molar-refractivity contribution < 1.29 is 22.8 Å². The highest BCUT2D eigenvalue weighted by Gasteiger charge is 2.10. The van der Waals surface area contributed by atoms with Gasteiger partial charge in [0.1, 0.15) is 0 Å². The van der Waals surface area contributed by atoms with E-state index in [2.05, 4.69) is 4.62 Å². The number of rotatable bonds is 3. The van der Waals surface area contributed by atoms with Gasteiger partial charge in [-0.3, -0.25) is 4.21 Å². The monoisotopic (exact) mass is 159 g/mol. The van der Waals surface area contributed by atoms with E-state index >= 15 is 0 Å². The summed E-state index contributed by atoms with van der Waals surface area (Å²) in [7, 11) is -2.89. The summed E-state index contributed by atoms with van der Waals surface area (Å²) in [6.45, 7) is 0. The Bertz CT molecular complexity index is 97.0. The lowest BCUT2D eigenvalue weighted by atomic mass is 13.5. The zero-order valence-electron chi connectivity index (χ0n) is 3.44. The Labute approximate surface area is 48.2 Å². The zero-order chi connectivity index (χ0) is 6.57. The van der Waals surface area contributed by atoms with Crippen LogP contribution >= 0.6 is 8.25 Å². The van der Waals surface area contributed by atoms with Crippen LogP contribution in [0.25, 0.3) is 0 Å². The van der Waals surface area contributed by atoms with E-state index in [1.54, 1.807) is 0 Å². The van der Waals surface area contributed by atoms with E-state index < -0.39 is 19.5 Å². The molecule has 8 heavy (non-hydrogen) atoms. The van der Waals surface area contributed by atoms with Crippen LogP contribution in [0.3, 0.4) is 0 Å². The van der Waals surface area contributed by atoms with E-state index in [4.69, 9.17) is 4.89 Å². The third-order valence-electron chi connectivity index (χ3n) is 0.183. The molecule has 2 N–H and O–H groups in total. The van der Waals surface area contributed by atoms with Gasteiger partial charge < -0.3 is 4.55 Å². The van der Waals surface area contributed by atoms with Crippen LogP contribution in [0.2, 0.25) is 0 Å². The molecule has 0 aromatic rings. The van der Waals surface area contributed by atoms with Gasteiger partial charge in [-0.1, -0.05) is 4.89 Å². The number of nitrogens with one attached hydrogen (secondary N) is 1. The van der Waals surface area contributed by atoms with Crippen LogP contribution in [0.4, 0.5) is 0 Å². The molecule has 0 aliphatic rings. The smallest absolute Gasteiger partial charge is 0.714 e. The van der Waals surface area contributed by atoms with Crippen molar-refractivity contribution in [3.05, 3.63) is 0 Å². The van der Waals surface area contributed by atoms with Crippen LogP contribution in [0.15, 0.2) is 0 Å². The summed E-state index contributed by atoms with van der Waals surface area (Å²) < 4.78 is 31.9. The van der Waals surface area contributed by atoms with Crippen molar-refractivity contribution in [3.8, 4) is 0 Å². The first kappa shape index (κ1) is 8.09. The van der Waals surface area contributed by atoms with Gasteiger partial charge in [0.2, 0.25) is 0 Å². The molecule has 0 aliphatic heterocycles. The Morgan fingerprint density at radius 1 is 1.88 bits per heavy atom. The van der Waals surface area contributed by atoms with E-state index in [1.165, 1.54) is 4.89 Å². The van der Waals surface area contributed by atoms with Gasteiger partial charge in [-0.2, -0.15) is 0 Å². The molecular formula is H2NO5PS. The molecule has 0 aliphatic carbocycles. The van der Waals surface area contributed by atoms with Crippen molar-refractivity contribution in [1.82, 2.24) is 4.89 Å². The largest absolute Gasteiger partial charge is 0.758 e. The fourth-order valence-corrected chi connectivity index (χ4v) is 0.561. The second-order valence-electron chi connectivity index (χ2n) is 0.647. The Balaban J connectivity index is 3.18. The molecule has 0 heterocycles. The van der Waals surface area contributed by atoms with E-state index in [9.17, 15) is 13.3 Å². The van der Waals surface area contributed by atoms with Gasteiger partial charge in [0.25, 0.3) is 0 Å². The van der Waals surface area contributed by atoms with Gasteiger partial charge in [0.15, 0.2) is 0 Å². The van der Waals surface area contributed by atoms with Crippen molar-refractivity contribution >= 4 is 19.5 Å². The second-order valence-corrected chi connectivity index (χ2v) is 1.94. The van der Waals surface area contributed by atoms with Gasteiger partial charge in [0.05, 0.1) is 0 Å². The maximum Gasteiger partial charge on any atom is 0.714 e. The second kappa shape index (κ2) is 4.02. The zero-order valence-corrected chi connectivity index (χ0v) is 5.15. The van der Waals surface area contributed by atoms with Crippen LogP contribution in [-0.4, -0.2) is 13.7 Å². The van der Waals surface area contributed by atoms with Gasteiger partial charge in [0, 0.05) is 15.8 Å². The lowest BCUT2D eigenvalue weighted by Gasteiger charge is -1.95. The van der Waals surface area contributed by atoms with E-state index in [0.717, 1.165) is 0 Å². The maximum absolute atomic E-state index is 9.49. The molecular weight excluding hydrogens is 157 g/mol. The van der Waals surface area contributed by atoms with Gasteiger partial charge in [-0.05, 0) is 4.62 Å². The first-order chi connectivity index (χ1) is 3.63. The Morgan fingerprint density at radius 2 is 2.38 bits per heavy atom. The van der Waals surface area contributed by atoms with Crippen LogP contribution in [0.5, 0.6) is 0 Å². The lowest BCUT2D eigenvalue weighted by Crippen LogP contribution is -2.12.